The van der Waals surface area contributed by atoms with E-state index in [1.54, 1.807) is 11.8 Å². The highest BCUT2D eigenvalue weighted by atomic mass is 32.2. The predicted molar refractivity (Wildman–Crippen MR) is 74.6 cm³/mol. The van der Waals surface area contributed by atoms with Crippen LogP contribution in [0, 0.1) is 0 Å². The molecule has 0 spiro atoms. The van der Waals surface area contributed by atoms with E-state index in [4.69, 9.17) is 9.84 Å². The zero-order chi connectivity index (χ0) is 13.6. The summed E-state index contributed by atoms with van der Waals surface area (Å²) in [5.41, 5.74) is 2.11. The molecule has 0 aromatic heterocycles. The predicted octanol–water partition coefficient (Wildman–Crippen LogP) is 2.19. The lowest BCUT2D eigenvalue weighted by molar-refractivity contribution is -0.138. The normalized spacial score (nSPS) is 27.9. The molecule has 0 radical (unpaired) electrons. The standard InChI is InChI=1S/C14H17NO3S/c1-14(2)6-8-4-3-5-9(11(8)18-14)12-15-10(7-19-12)13(16)17/h3-5,10,12,15H,6-7H2,1-2H3,(H,16,17)/t10-,12?/m1/s1. The summed E-state index contributed by atoms with van der Waals surface area (Å²) in [5.74, 6) is 0.736. The van der Waals surface area contributed by atoms with Gasteiger partial charge in [-0.25, -0.2) is 0 Å². The lowest BCUT2D eigenvalue weighted by Crippen LogP contribution is -2.33. The number of ether oxygens (including phenoxy) is 1. The Balaban J connectivity index is 1.88. The van der Waals surface area contributed by atoms with Crippen molar-refractivity contribution in [3.05, 3.63) is 29.3 Å². The Hall–Kier alpha value is -1.20. The van der Waals surface area contributed by atoms with Crippen LogP contribution in [0.15, 0.2) is 18.2 Å². The van der Waals surface area contributed by atoms with Crippen LogP contribution in [0.3, 0.4) is 0 Å². The van der Waals surface area contributed by atoms with Crippen molar-refractivity contribution in [2.24, 2.45) is 0 Å². The molecule has 1 unspecified atom stereocenters. The minimum atomic E-state index is -0.788. The molecule has 2 N–H and O–H groups in total. The second-order valence-electron chi connectivity index (χ2n) is 5.64. The molecule has 1 saturated heterocycles. The molecule has 0 bridgehead atoms. The minimum absolute atomic E-state index is 0.00458. The molecule has 19 heavy (non-hydrogen) atoms. The Bertz CT molecular complexity index is 529. The first-order chi connectivity index (χ1) is 8.96. The molecule has 1 aromatic rings. The van der Waals surface area contributed by atoms with Gasteiger partial charge in [-0.15, -0.1) is 11.8 Å². The number of hydrogen-bond donors (Lipinski definition) is 2. The molecule has 102 valence electrons. The van der Waals surface area contributed by atoms with E-state index in [1.165, 1.54) is 5.56 Å². The maximum absolute atomic E-state index is 11.0. The molecule has 5 heteroatoms. The monoisotopic (exact) mass is 279 g/mol. The third kappa shape index (κ3) is 2.32. The first kappa shape index (κ1) is 12.8. The van der Waals surface area contributed by atoms with E-state index in [0.717, 1.165) is 17.7 Å². The lowest BCUT2D eigenvalue weighted by atomic mass is 10.0. The molecule has 0 aliphatic carbocycles. The molecule has 1 fully saturated rings. The SMILES string of the molecule is CC1(C)Cc2cccc(C3N[C@@H](C(=O)O)CS3)c2O1. The fourth-order valence-corrected chi connectivity index (χ4v) is 3.89. The van der Waals surface area contributed by atoms with Gasteiger partial charge in [0.25, 0.3) is 0 Å². The van der Waals surface area contributed by atoms with Crippen LogP contribution in [0.2, 0.25) is 0 Å². The van der Waals surface area contributed by atoms with Crippen LogP contribution in [0.1, 0.15) is 30.3 Å². The number of para-hydroxylation sites is 1. The van der Waals surface area contributed by atoms with E-state index >= 15 is 0 Å². The molecule has 2 heterocycles. The second-order valence-corrected chi connectivity index (χ2v) is 6.78. The fourth-order valence-electron chi connectivity index (χ4n) is 2.64. The van der Waals surface area contributed by atoms with Gasteiger partial charge in [0.1, 0.15) is 17.4 Å². The number of thioether (sulfide) groups is 1. The fraction of sp³-hybridized carbons (Fsp3) is 0.500. The zero-order valence-corrected chi connectivity index (χ0v) is 11.8. The summed E-state index contributed by atoms with van der Waals surface area (Å²) in [4.78, 5) is 11.0. The number of fused-ring (bicyclic) bond motifs is 1. The van der Waals surface area contributed by atoms with E-state index in [0.29, 0.717) is 5.75 Å². The largest absolute Gasteiger partial charge is 0.487 e. The summed E-state index contributed by atoms with van der Waals surface area (Å²) in [7, 11) is 0. The van der Waals surface area contributed by atoms with Crippen LogP contribution in [-0.4, -0.2) is 28.5 Å². The van der Waals surface area contributed by atoms with E-state index in [9.17, 15) is 4.79 Å². The van der Waals surface area contributed by atoms with Crippen LogP contribution in [-0.2, 0) is 11.2 Å². The van der Waals surface area contributed by atoms with E-state index in [2.05, 4.69) is 25.2 Å². The summed E-state index contributed by atoms with van der Waals surface area (Å²) in [6.07, 6.45) is 0.899. The number of nitrogens with one attached hydrogen (secondary N) is 1. The summed E-state index contributed by atoms with van der Waals surface area (Å²) in [6, 6.07) is 5.66. The smallest absolute Gasteiger partial charge is 0.321 e. The first-order valence-electron chi connectivity index (χ1n) is 6.37. The van der Waals surface area contributed by atoms with Gasteiger partial charge in [-0.2, -0.15) is 0 Å². The van der Waals surface area contributed by atoms with E-state index in [-0.39, 0.29) is 11.0 Å². The molecular weight excluding hydrogens is 262 g/mol. The van der Waals surface area contributed by atoms with Gasteiger partial charge in [-0.1, -0.05) is 18.2 Å². The van der Waals surface area contributed by atoms with Crippen LogP contribution < -0.4 is 10.1 Å². The van der Waals surface area contributed by atoms with Gasteiger partial charge in [0, 0.05) is 17.7 Å². The van der Waals surface area contributed by atoms with Crippen LogP contribution in [0.5, 0.6) is 5.75 Å². The number of aliphatic carboxylic acids is 1. The quantitative estimate of drug-likeness (QED) is 0.869. The van der Waals surface area contributed by atoms with E-state index in [1.807, 2.05) is 12.1 Å². The summed E-state index contributed by atoms with van der Waals surface area (Å²) in [5, 5.41) is 12.2. The van der Waals surface area contributed by atoms with Crippen molar-refractivity contribution < 1.29 is 14.6 Å². The maximum Gasteiger partial charge on any atom is 0.321 e. The molecule has 3 rings (SSSR count). The summed E-state index contributed by atoms with van der Waals surface area (Å²) in [6.45, 7) is 4.15. The van der Waals surface area contributed by atoms with Crippen molar-refractivity contribution in [1.29, 1.82) is 0 Å². The van der Waals surface area contributed by atoms with Crippen molar-refractivity contribution in [2.75, 3.05) is 5.75 Å². The third-order valence-corrected chi connectivity index (χ3v) is 4.73. The Kier molecular flexibility index (Phi) is 2.98. The van der Waals surface area contributed by atoms with Gasteiger partial charge in [0.2, 0.25) is 0 Å². The van der Waals surface area contributed by atoms with Gasteiger partial charge < -0.3 is 9.84 Å². The first-order valence-corrected chi connectivity index (χ1v) is 7.42. The Labute approximate surface area is 116 Å². The van der Waals surface area contributed by atoms with Crippen molar-refractivity contribution in [1.82, 2.24) is 5.32 Å². The van der Waals surface area contributed by atoms with Crippen LogP contribution in [0.25, 0.3) is 0 Å². The van der Waals surface area contributed by atoms with Crippen molar-refractivity contribution in [3.63, 3.8) is 0 Å². The maximum atomic E-state index is 11.0. The van der Waals surface area contributed by atoms with Gasteiger partial charge >= 0.3 is 5.97 Å². The minimum Gasteiger partial charge on any atom is -0.487 e. The molecule has 0 amide bonds. The third-order valence-electron chi connectivity index (χ3n) is 3.48. The molecule has 0 saturated carbocycles. The number of benzene rings is 1. The second kappa shape index (κ2) is 4.42. The van der Waals surface area contributed by atoms with Gasteiger partial charge in [-0.05, 0) is 19.4 Å². The topological polar surface area (TPSA) is 58.6 Å². The van der Waals surface area contributed by atoms with E-state index < -0.39 is 12.0 Å². The molecule has 2 aliphatic rings. The van der Waals surface area contributed by atoms with Gasteiger partial charge in [-0.3, -0.25) is 10.1 Å². The van der Waals surface area contributed by atoms with Gasteiger partial charge in [0.15, 0.2) is 0 Å². The average molecular weight is 279 g/mol. The van der Waals surface area contributed by atoms with Crippen molar-refractivity contribution in [2.45, 2.75) is 37.3 Å². The lowest BCUT2D eigenvalue weighted by Gasteiger charge is -2.20. The number of rotatable bonds is 2. The van der Waals surface area contributed by atoms with Crippen molar-refractivity contribution in [3.8, 4) is 5.75 Å². The highest BCUT2D eigenvalue weighted by molar-refractivity contribution is 7.99. The van der Waals surface area contributed by atoms with Crippen molar-refractivity contribution >= 4 is 17.7 Å². The molecule has 1 aromatic carbocycles. The van der Waals surface area contributed by atoms with Crippen LogP contribution in [0.4, 0.5) is 0 Å². The van der Waals surface area contributed by atoms with Crippen LogP contribution >= 0.6 is 11.8 Å². The molecule has 2 aliphatic heterocycles. The Morgan fingerprint density at radius 1 is 1.53 bits per heavy atom. The van der Waals surface area contributed by atoms with Gasteiger partial charge in [0.05, 0.1) is 5.37 Å². The Morgan fingerprint density at radius 2 is 2.32 bits per heavy atom. The Morgan fingerprint density at radius 3 is 3.00 bits per heavy atom. The highest BCUT2D eigenvalue weighted by Gasteiger charge is 2.36. The number of carboxylic acids is 1. The highest BCUT2D eigenvalue weighted by Crippen LogP contribution is 2.44. The summed E-state index contributed by atoms with van der Waals surface area (Å²) < 4.78 is 6.03. The molecular formula is C14H17NO3S. The zero-order valence-electron chi connectivity index (χ0n) is 11.0. The molecule has 2 atom stereocenters. The number of hydrogen-bond acceptors (Lipinski definition) is 4. The number of carboxylic acid groups (broad SMARTS) is 1. The molecule has 4 nitrogen and oxygen atoms in total. The summed E-state index contributed by atoms with van der Waals surface area (Å²) >= 11 is 1.63. The average Bonchev–Trinajstić information content (AvgIpc) is 2.90. The number of carbonyl (C=O) groups is 1.